The first-order valence-electron chi connectivity index (χ1n) is 9.58. The Morgan fingerprint density at radius 1 is 1.36 bits per heavy atom. The topological polar surface area (TPSA) is 76.2 Å². The first-order valence-corrected chi connectivity index (χ1v) is 10.3. The molecule has 1 atom stereocenters. The molecule has 0 amide bonds. The van der Waals surface area contributed by atoms with Crippen LogP contribution in [0.5, 0.6) is 0 Å². The Labute approximate surface area is 174 Å². The highest BCUT2D eigenvalue weighted by molar-refractivity contribution is 6.35. The van der Waals surface area contributed by atoms with Crippen LogP contribution in [0.25, 0.3) is 0 Å². The highest BCUT2D eigenvalue weighted by atomic mass is 35.5. The van der Waals surface area contributed by atoms with Gasteiger partial charge in [-0.3, -0.25) is 9.56 Å². The zero-order valence-electron chi connectivity index (χ0n) is 16.2. The molecule has 0 spiro atoms. The lowest BCUT2D eigenvalue weighted by molar-refractivity contribution is 0.509. The molecule has 9 heteroatoms. The molecular weight excluding hydrogens is 399 g/mol. The van der Waals surface area contributed by atoms with Gasteiger partial charge < -0.3 is 10.6 Å². The second kappa shape index (κ2) is 9.47. The second-order valence-electron chi connectivity index (χ2n) is 6.92. The van der Waals surface area contributed by atoms with E-state index >= 15 is 0 Å². The van der Waals surface area contributed by atoms with Crippen LogP contribution in [0.3, 0.4) is 0 Å². The van der Waals surface area contributed by atoms with Gasteiger partial charge in [0.15, 0.2) is 5.96 Å². The molecule has 0 saturated heterocycles. The molecule has 0 fully saturated rings. The van der Waals surface area contributed by atoms with Gasteiger partial charge in [0.1, 0.15) is 5.82 Å². The molecule has 0 aliphatic carbocycles. The van der Waals surface area contributed by atoms with E-state index in [1.807, 2.05) is 19.1 Å². The fraction of sp³-hybridized carbons (Fsp3) is 0.526. The average Bonchev–Trinajstić information content (AvgIpc) is 3.00. The standard InChI is InChI=1S/C19H26Cl2N6O/c1-13(15-8-7-14(20)12-16(15)21)24-18(22-2)23-9-5-11-27-19(28)26-10-4-3-6-17(26)25-27/h7-8,12-13H,3-6,9-11H2,1-2H3,(H2,22,23,24). The molecule has 1 unspecified atom stereocenters. The summed E-state index contributed by atoms with van der Waals surface area (Å²) < 4.78 is 3.38. The number of hydrogen-bond acceptors (Lipinski definition) is 3. The van der Waals surface area contributed by atoms with Crippen molar-refractivity contribution in [2.24, 2.45) is 4.99 Å². The molecule has 2 N–H and O–H groups in total. The van der Waals surface area contributed by atoms with Crippen LogP contribution in [0.2, 0.25) is 10.0 Å². The van der Waals surface area contributed by atoms with Gasteiger partial charge >= 0.3 is 5.69 Å². The quantitative estimate of drug-likeness (QED) is 0.424. The number of aliphatic imine (C=N–C) groups is 1. The van der Waals surface area contributed by atoms with Crippen molar-refractivity contribution < 1.29 is 0 Å². The summed E-state index contributed by atoms with van der Waals surface area (Å²) in [5.41, 5.74) is 0.951. The van der Waals surface area contributed by atoms with Crippen LogP contribution in [0.1, 0.15) is 43.6 Å². The lowest BCUT2D eigenvalue weighted by atomic mass is 10.1. The minimum atomic E-state index is -0.0292. The van der Waals surface area contributed by atoms with Gasteiger partial charge in [-0.25, -0.2) is 9.48 Å². The predicted octanol–water partition coefficient (Wildman–Crippen LogP) is 3.00. The van der Waals surface area contributed by atoms with E-state index in [9.17, 15) is 4.79 Å². The maximum Gasteiger partial charge on any atom is 0.345 e. The number of aryl methyl sites for hydroxylation is 2. The van der Waals surface area contributed by atoms with Crippen LogP contribution in [0, 0.1) is 0 Å². The third-order valence-corrected chi connectivity index (χ3v) is 5.44. The van der Waals surface area contributed by atoms with Gasteiger partial charge in [-0.2, -0.15) is 5.10 Å². The maximum absolute atomic E-state index is 12.3. The number of guanidine groups is 1. The normalized spacial score (nSPS) is 15.2. The molecule has 1 aromatic carbocycles. The summed E-state index contributed by atoms with van der Waals surface area (Å²) in [6.07, 6.45) is 3.82. The van der Waals surface area contributed by atoms with Gasteiger partial charge in [-0.1, -0.05) is 29.3 Å². The van der Waals surface area contributed by atoms with Crippen molar-refractivity contribution in [1.29, 1.82) is 0 Å². The van der Waals surface area contributed by atoms with Crippen molar-refractivity contribution in [2.75, 3.05) is 13.6 Å². The highest BCUT2D eigenvalue weighted by Gasteiger charge is 2.16. The van der Waals surface area contributed by atoms with Gasteiger partial charge in [0.2, 0.25) is 0 Å². The van der Waals surface area contributed by atoms with Gasteiger partial charge in [0.25, 0.3) is 0 Å². The number of nitrogens with zero attached hydrogens (tertiary/aromatic N) is 4. The van der Waals surface area contributed by atoms with Crippen LogP contribution < -0.4 is 16.3 Å². The Morgan fingerprint density at radius 3 is 2.89 bits per heavy atom. The summed E-state index contributed by atoms with van der Waals surface area (Å²) in [7, 11) is 1.72. The summed E-state index contributed by atoms with van der Waals surface area (Å²) >= 11 is 12.2. The van der Waals surface area contributed by atoms with Crippen LogP contribution >= 0.6 is 23.2 Å². The molecule has 1 aliphatic rings. The lowest BCUT2D eigenvalue weighted by Crippen LogP contribution is -2.39. The summed E-state index contributed by atoms with van der Waals surface area (Å²) in [5, 5.41) is 12.3. The largest absolute Gasteiger partial charge is 0.356 e. The molecule has 1 aliphatic heterocycles. The first kappa shape index (κ1) is 20.7. The monoisotopic (exact) mass is 424 g/mol. The van der Waals surface area contributed by atoms with E-state index in [-0.39, 0.29) is 11.7 Å². The van der Waals surface area contributed by atoms with Crippen LogP contribution in [0.4, 0.5) is 0 Å². The Kier molecular flexibility index (Phi) is 7.02. The summed E-state index contributed by atoms with van der Waals surface area (Å²) in [5.74, 6) is 1.59. The minimum Gasteiger partial charge on any atom is -0.356 e. The molecule has 28 heavy (non-hydrogen) atoms. The number of halogens is 2. The lowest BCUT2D eigenvalue weighted by Gasteiger charge is -2.19. The maximum atomic E-state index is 12.3. The van der Waals surface area contributed by atoms with E-state index in [1.165, 1.54) is 0 Å². The smallest absolute Gasteiger partial charge is 0.345 e. The van der Waals surface area contributed by atoms with E-state index in [4.69, 9.17) is 23.2 Å². The van der Waals surface area contributed by atoms with Gasteiger partial charge in [-0.05, 0) is 43.9 Å². The van der Waals surface area contributed by atoms with Crippen LogP contribution in [0.15, 0.2) is 28.0 Å². The number of benzene rings is 1. The molecule has 0 saturated carbocycles. The number of fused-ring (bicyclic) bond motifs is 1. The SMILES string of the molecule is CN=C(NCCCn1nc2n(c1=O)CCCC2)NC(C)c1ccc(Cl)cc1Cl. The minimum absolute atomic E-state index is 0.00297. The molecule has 2 heterocycles. The molecule has 3 rings (SSSR count). The molecule has 1 aromatic heterocycles. The summed E-state index contributed by atoms with van der Waals surface area (Å²) in [6.45, 7) is 4.06. The van der Waals surface area contributed by atoms with E-state index in [0.29, 0.717) is 29.1 Å². The van der Waals surface area contributed by atoms with Crippen molar-refractivity contribution in [3.63, 3.8) is 0 Å². The number of aromatic nitrogens is 3. The Balaban J connectivity index is 1.49. The third kappa shape index (κ3) is 4.89. The van der Waals surface area contributed by atoms with Crippen molar-refractivity contribution >= 4 is 29.2 Å². The fourth-order valence-corrected chi connectivity index (χ4v) is 3.93. The molecule has 0 bridgehead atoms. The van der Waals surface area contributed by atoms with E-state index in [2.05, 4.69) is 20.7 Å². The van der Waals surface area contributed by atoms with Crippen LogP contribution in [-0.4, -0.2) is 33.9 Å². The van der Waals surface area contributed by atoms with Crippen molar-refractivity contribution in [2.45, 2.75) is 51.7 Å². The summed E-state index contributed by atoms with van der Waals surface area (Å²) in [4.78, 5) is 16.6. The van der Waals surface area contributed by atoms with Gasteiger partial charge in [0, 0.05) is 43.1 Å². The molecule has 7 nitrogen and oxygen atoms in total. The van der Waals surface area contributed by atoms with Crippen molar-refractivity contribution in [3.8, 4) is 0 Å². The third-order valence-electron chi connectivity index (χ3n) is 4.88. The average molecular weight is 425 g/mol. The van der Waals surface area contributed by atoms with Gasteiger partial charge in [-0.15, -0.1) is 0 Å². The second-order valence-corrected chi connectivity index (χ2v) is 7.76. The van der Waals surface area contributed by atoms with E-state index in [1.54, 1.807) is 22.4 Å². The van der Waals surface area contributed by atoms with Crippen molar-refractivity contribution in [3.05, 3.63) is 50.1 Å². The fourth-order valence-electron chi connectivity index (χ4n) is 3.36. The highest BCUT2D eigenvalue weighted by Crippen LogP contribution is 2.25. The number of hydrogen-bond donors (Lipinski definition) is 2. The predicted molar refractivity (Wildman–Crippen MR) is 113 cm³/mol. The molecule has 152 valence electrons. The van der Waals surface area contributed by atoms with E-state index in [0.717, 1.165) is 43.6 Å². The van der Waals surface area contributed by atoms with Crippen LogP contribution in [-0.2, 0) is 19.5 Å². The van der Waals surface area contributed by atoms with E-state index < -0.39 is 0 Å². The number of nitrogens with one attached hydrogen (secondary N) is 2. The molecule has 2 aromatic rings. The Hall–Kier alpha value is -1.99. The molecule has 0 radical (unpaired) electrons. The molecular formula is C19H26Cl2N6O. The Bertz CT molecular complexity index is 904. The van der Waals surface area contributed by atoms with Crippen molar-refractivity contribution in [1.82, 2.24) is 25.0 Å². The van der Waals surface area contributed by atoms with Gasteiger partial charge in [0.05, 0.1) is 6.04 Å². The number of rotatable bonds is 6. The first-order chi connectivity index (χ1) is 13.5. The Morgan fingerprint density at radius 2 is 2.18 bits per heavy atom. The zero-order chi connectivity index (χ0) is 20.1. The summed E-state index contributed by atoms with van der Waals surface area (Å²) in [6, 6.07) is 5.43. The zero-order valence-corrected chi connectivity index (χ0v) is 17.7.